The molecule has 0 spiro atoms. The number of nitrogens with one attached hydrogen (secondary N) is 1. The first-order chi connectivity index (χ1) is 10.3. The molecule has 5 nitrogen and oxygen atoms in total. The SMILES string of the molecule is COCCCCCNc1cc(-c2nc(C=O)cs2)ccn1. The Morgan fingerprint density at radius 1 is 1.38 bits per heavy atom. The highest BCUT2D eigenvalue weighted by molar-refractivity contribution is 7.13. The number of rotatable bonds is 9. The van der Waals surface area contributed by atoms with Crippen LogP contribution in [0.5, 0.6) is 0 Å². The van der Waals surface area contributed by atoms with Crippen LogP contribution < -0.4 is 5.32 Å². The quantitative estimate of drug-likeness (QED) is 0.569. The molecule has 0 amide bonds. The van der Waals surface area contributed by atoms with Crippen molar-refractivity contribution in [1.29, 1.82) is 0 Å². The largest absolute Gasteiger partial charge is 0.385 e. The van der Waals surface area contributed by atoms with Gasteiger partial charge < -0.3 is 10.1 Å². The Morgan fingerprint density at radius 2 is 2.29 bits per heavy atom. The minimum atomic E-state index is 0.472. The molecule has 112 valence electrons. The summed E-state index contributed by atoms with van der Waals surface area (Å²) >= 11 is 1.46. The van der Waals surface area contributed by atoms with Gasteiger partial charge in [0.2, 0.25) is 0 Å². The van der Waals surface area contributed by atoms with E-state index in [1.807, 2.05) is 12.1 Å². The first kappa shape index (κ1) is 15.6. The molecule has 0 bridgehead atoms. The molecule has 2 aromatic heterocycles. The van der Waals surface area contributed by atoms with Gasteiger partial charge in [-0.15, -0.1) is 11.3 Å². The summed E-state index contributed by atoms with van der Waals surface area (Å²) in [5, 5.41) is 5.90. The van der Waals surface area contributed by atoms with E-state index in [0.29, 0.717) is 5.69 Å². The molecule has 2 rings (SSSR count). The minimum absolute atomic E-state index is 0.472. The first-order valence-corrected chi connectivity index (χ1v) is 7.81. The molecule has 2 heterocycles. The van der Waals surface area contributed by atoms with E-state index in [2.05, 4.69) is 15.3 Å². The summed E-state index contributed by atoms with van der Waals surface area (Å²) in [6.45, 7) is 1.70. The number of aromatic nitrogens is 2. The molecule has 0 aliphatic rings. The molecule has 1 N–H and O–H groups in total. The fraction of sp³-hybridized carbons (Fsp3) is 0.400. The second-order valence-corrected chi connectivity index (χ2v) is 5.46. The van der Waals surface area contributed by atoms with Crippen molar-refractivity contribution in [3.8, 4) is 10.6 Å². The van der Waals surface area contributed by atoms with E-state index in [9.17, 15) is 4.79 Å². The molecule has 6 heteroatoms. The van der Waals surface area contributed by atoms with Crippen LogP contribution in [0.3, 0.4) is 0 Å². The van der Waals surface area contributed by atoms with E-state index in [0.717, 1.165) is 55.1 Å². The van der Waals surface area contributed by atoms with Gasteiger partial charge in [-0.1, -0.05) is 0 Å². The Hall–Kier alpha value is -1.79. The molecule has 0 saturated carbocycles. The van der Waals surface area contributed by atoms with Crippen molar-refractivity contribution in [2.24, 2.45) is 0 Å². The Bertz CT molecular complexity index is 572. The summed E-state index contributed by atoms with van der Waals surface area (Å²) in [6.07, 6.45) is 5.82. The smallest absolute Gasteiger partial charge is 0.169 e. The number of carbonyl (C=O) groups is 1. The Labute approximate surface area is 128 Å². The molecule has 0 radical (unpaired) electrons. The van der Waals surface area contributed by atoms with Crippen LogP contribution in [0.1, 0.15) is 29.8 Å². The van der Waals surface area contributed by atoms with Crippen LogP contribution in [0.25, 0.3) is 10.6 Å². The number of anilines is 1. The van der Waals surface area contributed by atoms with E-state index < -0.39 is 0 Å². The summed E-state index contributed by atoms with van der Waals surface area (Å²) in [5.74, 6) is 0.835. The van der Waals surface area contributed by atoms with Gasteiger partial charge in [-0.3, -0.25) is 4.79 Å². The van der Waals surface area contributed by atoms with Gasteiger partial charge in [0.25, 0.3) is 0 Å². The monoisotopic (exact) mass is 305 g/mol. The zero-order valence-corrected chi connectivity index (χ0v) is 12.9. The number of ether oxygens (including phenoxy) is 1. The standard InChI is InChI=1S/C15H19N3O2S/c1-20-8-4-2-3-6-16-14-9-12(5-7-17-14)15-18-13(10-19)11-21-15/h5,7,9-11H,2-4,6,8H2,1H3,(H,16,17). The predicted octanol–water partition coefficient (Wildman–Crippen LogP) is 3.25. The zero-order valence-electron chi connectivity index (χ0n) is 12.0. The van der Waals surface area contributed by atoms with Crippen LogP contribution in [0, 0.1) is 0 Å². The lowest BCUT2D eigenvalue weighted by Gasteiger charge is -2.06. The zero-order chi connectivity index (χ0) is 14.9. The highest BCUT2D eigenvalue weighted by Crippen LogP contribution is 2.24. The van der Waals surface area contributed by atoms with Crippen molar-refractivity contribution >= 4 is 23.4 Å². The third kappa shape index (κ3) is 4.91. The van der Waals surface area contributed by atoms with Gasteiger partial charge >= 0.3 is 0 Å². The second kappa shape index (κ2) is 8.49. The third-order valence-electron chi connectivity index (χ3n) is 2.98. The maximum absolute atomic E-state index is 10.7. The lowest BCUT2D eigenvalue weighted by molar-refractivity contribution is 0.111. The van der Waals surface area contributed by atoms with Gasteiger partial charge in [-0.25, -0.2) is 9.97 Å². The van der Waals surface area contributed by atoms with Gasteiger partial charge in [0.1, 0.15) is 16.5 Å². The second-order valence-electron chi connectivity index (χ2n) is 4.61. The van der Waals surface area contributed by atoms with Gasteiger partial charge in [-0.2, -0.15) is 0 Å². The molecular formula is C15H19N3O2S. The predicted molar refractivity (Wildman–Crippen MR) is 84.9 cm³/mol. The van der Waals surface area contributed by atoms with Crippen molar-refractivity contribution < 1.29 is 9.53 Å². The number of nitrogens with zero attached hydrogens (tertiary/aromatic N) is 2. The maximum Gasteiger partial charge on any atom is 0.169 e. The average Bonchev–Trinajstić information content (AvgIpc) is 3.00. The number of carbonyl (C=O) groups excluding carboxylic acids is 1. The minimum Gasteiger partial charge on any atom is -0.385 e. The number of thiazole rings is 1. The molecule has 0 aromatic carbocycles. The number of pyridine rings is 1. The van der Waals surface area contributed by atoms with Gasteiger partial charge in [0.05, 0.1) is 0 Å². The topological polar surface area (TPSA) is 64.1 Å². The van der Waals surface area contributed by atoms with E-state index in [1.165, 1.54) is 11.3 Å². The van der Waals surface area contributed by atoms with Gasteiger partial charge in [0.15, 0.2) is 6.29 Å². The van der Waals surface area contributed by atoms with Crippen LogP contribution in [0.4, 0.5) is 5.82 Å². The molecule has 21 heavy (non-hydrogen) atoms. The maximum atomic E-state index is 10.7. The fourth-order valence-corrected chi connectivity index (χ4v) is 2.66. The van der Waals surface area contributed by atoms with Crippen LogP contribution in [-0.4, -0.2) is 36.5 Å². The average molecular weight is 305 g/mol. The summed E-state index contributed by atoms with van der Waals surface area (Å²) in [5.41, 5.74) is 1.45. The van der Waals surface area contributed by atoms with E-state index in [-0.39, 0.29) is 0 Å². The Kier molecular flexibility index (Phi) is 6.30. The normalized spacial score (nSPS) is 10.5. The lowest BCUT2D eigenvalue weighted by atomic mass is 10.2. The van der Waals surface area contributed by atoms with Gasteiger partial charge in [0, 0.05) is 37.4 Å². The Morgan fingerprint density at radius 3 is 3.05 bits per heavy atom. The van der Waals surface area contributed by atoms with E-state index in [4.69, 9.17) is 4.74 Å². The lowest BCUT2D eigenvalue weighted by Crippen LogP contribution is -2.03. The number of unbranched alkanes of at least 4 members (excludes halogenated alkanes) is 2. The van der Waals surface area contributed by atoms with Crippen molar-refractivity contribution in [2.45, 2.75) is 19.3 Å². The molecule has 0 saturated heterocycles. The number of aldehydes is 1. The number of hydrogen-bond donors (Lipinski definition) is 1. The molecule has 0 aliphatic heterocycles. The van der Waals surface area contributed by atoms with E-state index >= 15 is 0 Å². The number of hydrogen-bond acceptors (Lipinski definition) is 6. The van der Waals surface area contributed by atoms with Gasteiger partial charge in [-0.05, 0) is 31.4 Å². The Balaban J connectivity index is 1.87. The summed E-state index contributed by atoms with van der Waals surface area (Å²) in [6, 6.07) is 3.86. The highest BCUT2D eigenvalue weighted by Gasteiger charge is 2.05. The summed E-state index contributed by atoms with van der Waals surface area (Å²) in [7, 11) is 1.72. The summed E-state index contributed by atoms with van der Waals surface area (Å²) < 4.78 is 5.02. The molecular weight excluding hydrogens is 286 g/mol. The molecule has 0 unspecified atom stereocenters. The molecule has 0 aliphatic carbocycles. The van der Waals surface area contributed by atoms with Crippen molar-refractivity contribution in [2.75, 3.05) is 25.6 Å². The number of methoxy groups -OCH3 is 1. The molecule has 0 fully saturated rings. The fourth-order valence-electron chi connectivity index (χ4n) is 1.90. The van der Waals surface area contributed by atoms with Crippen LogP contribution >= 0.6 is 11.3 Å². The van der Waals surface area contributed by atoms with E-state index in [1.54, 1.807) is 18.7 Å². The summed E-state index contributed by atoms with van der Waals surface area (Å²) in [4.78, 5) is 19.2. The van der Waals surface area contributed by atoms with Crippen molar-refractivity contribution in [3.05, 3.63) is 29.4 Å². The first-order valence-electron chi connectivity index (χ1n) is 6.93. The van der Waals surface area contributed by atoms with Crippen LogP contribution in [-0.2, 0) is 4.74 Å². The highest BCUT2D eigenvalue weighted by atomic mass is 32.1. The molecule has 2 aromatic rings. The van der Waals surface area contributed by atoms with Crippen molar-refractivity contribution in [1.82, 2.24) is 9.97 Å². The van der Waals surface area contributed by atoms with Crippen LogP contribution in [0.15, 0.2) is 23.7 Å². The van der Waals surface area contributed by atoms with Crippen LogP contribution in [0.2, 0.25) is 0 Å². The third-order valence-corrected chi connectivity index (χ3v) is 3.89. The van der Waals surface area contributed by atoms with Crippen molar-refractivity contribution in [3.63, 3.8) is 0 Å². The molecule has 0 atom stereocenters.